The maximum Gasteiger partial charge on any atom is 0.159 e. The standard InChI is InChI=1S/C9H6F2N2/c10-7-2-1-6(5-8(7)11)9-12-3-4-13-9/h1-5H,(H,12,13). The Balaban J connectivity index is 2.49. The lowest BCUT2D eigenvalue weighted by Crippen LogP contribution is -1.86. The molecule has 0 bridgehead atoms. The van der Waals surface area contributed by atoms with Crippen LogP contribution in [0.25, 0.3) is 11.4 Å². The number of aromatic nitrogens is 2. The van der Waals surface area contributed by atoms with Crippen LogP contribution in [0.1, 0.15) is 0 Å². The smallest absolute Gasteiger partial charge is 0.159 e. The van der Waals surface area contributed by atoms with E-state index in [1.165, 1.54) is 6.07 Å². The van der Waals surface area contributed by atoms with Crippen LogP contribution in [-0.2, 0) is 0 Å². The van der Waals surface area contributed by atoms with Gasteiger partial charge in [-0.2, -0.15) is 0 Å². The van der Waals surface area contributed by atoms with Gasteiger partial charge in [0.25, 0.3) is 0 Å². The lowest BCUT2D eigenvalue weighted by atomic mass is 10.2. The number of nitrogens with zero attached hydrogens (tertiary/aromatic N) is 1. The molecule has 0 radical (unpaired) electrons. The van der Waals surface area contributed by atoms with E-state index in [1.54, 1.807) is 12.4 Å². The Morgan fingerprint density at radius 1 is 1.15 bits per heavy atom. The van der Waals surface area contributed by atoms with E-state index in [0.29, 0.717) is 11.4 Å². The van der Waals surface area contributed by atoms with Crippen LogP contribution in [0.2, 0.25) is 0 Å². The van der Waals surface area contributed by atoms with Crippen molar-refractivity contribution in [2.24, 2.45) is 0 Å². The van der Waals surface area contributed by atoms with Gasteiger partial charge in [0.15, 0.2) is 11.6 Å². The molecule has 0 spiro atoms. The SMILES string of the molecule is Fc1ccc(-c2ncc[nH]2)cc1F. The van der Waals surface area contributed by atoms with Crippen LogP contribution in [0, 0.1) is 11.6 Å². The van der Waals surface area contributed by atoms with Crippen molar-refractivity contribution in [1.82, 2.24) is 9.97 Å². The van der Waals surface area contributed by atoms with E-state index in [1.807, 2.05) is 0 Å². The highest BCUT2D eigenvalue weighted by Gasteiger charge is 2.04. The van der Waals surface area contributed by atoms with E-state index >= 15 is 0 Å². The van der Waals surface area contributed by atoms with Crippen LogP contribution in [-0.4, -0.2) is 9.97 Å². The van der Waals surface area contributed by atoms with Crippen LogP contribution >= 0.6 is 0 Å². The van der Waals surface area contributed by atoms with Crippen molar-refractivity contribution in [3.63, 3.8) is 0 Å². The fourth-order valence-electron chi connectivity index (χ4n) is 1.07. The quantitative estimate of drug-likeness (QED) is 0.716. The second-order valence-corrected chi connectivity index (χ2v) is 2.57. The van der Waals surface area contributed by atoms with E-state index < -0.39 is 11.6 Å². The summed E-state index contributed by atoms with van der Waals surface area (Å²) in [7, 11) is 0. The Bertz CT molecular complexity index is 410. The molecule has 4 heteroatoms. The average molecular weight is 180 g/mol. The minimum Gasteiger partial charge on any atom is -0.345 e. The van der Waals surface area contributed by atoms with Gasteiger partial charge in [-0.15, -0.1) is 0 Å². The molecule has 0 amide bonds. The van der Waals surface area contributed by atoms with Gasteiger partial charge in [0.2, 0.25) is 0 Å². The summed E-state index contributed by atoms with van der Waals surface area (Å²) in [5.41, 5.74) is 0.531. The lowest BCUT2D eigenvalue weighted by molar-refractivity contribution is 0.509. The first-order valence-corrected chi connectivity index (χ1v) is 3.72. The predicted octanol–water partition coefficient (Wildman–Crippen LogP) is 2.35. The number of halogens is 2. The second-order valence-electron chi connectivity index (χ2n) is 2.57. The Kier molecular flexibility index (Phi) is 1.81. The number of hydrogen-bond donors (Lipinski definition) is 1. The number of aromatic amines is 1. The summed E-state index contributed by atoms with van der Waals surface area (Å²) in [6.07, 6.45) is 3.17. The number of hydrogen-bond acceptors (Lipinski definition) is 1. The van der Waals surface area contributed by atoms with Gasteiger partial charge in [-0.3, -0.25) is 0 Å². The fourth-order valence-corrected chi connectivity index (χ4v) is 1.07. The molecule has 0 aliphatic carbocycles. The molecule has 13 heavy (non-hydrogen) atoms. The highest BCUT2D eigenvalue weighted by molar-refractivity contribution is 5.54. The van der Waals surface area contributed by atoms with Gasteiger partial charge < -0.3 is 4.98 Å². The summed E-state index contributed by atoms with van der Waals surface area (Å²) in [6, 6.07) is 3.65. The van der Waals surface area contributed by atoms with Crippen molar-refractivity contribution in [2.75, 3.05) is 0 Å². The molecular formula is C9H6F2N2. The van der Waals surface area contributed by atoms with Gasteiger partial charge in [-0.05, 0) is 18.2 Å². The molecule has 0 atom stereocenters. The number of imidazole rings is 1. The van der Waals surface area contributed by atoms with Gasteiger partial charge in [0.05, 0.1) is 0 Å². The van der Waals surface area contributed by atoms with E-state index in [-0.39, 0.29) is 0 Å². The third-order valence-electron chi connectivity index (χ3n) is 1.69. The van der Waals surface area contributed by atoms with Gasteiger partial charge in [-0.25, -0.2) is 13.8 Å². The molecule has 0 unspecified atom stereocenters. The summed E-state index contributed by atoms with van der Waals surface area (Å²) in [6.45, 7) is 0. The molecule has 2 rings (SSSR count). The monoisotopic (exact) mass is 180 g/mol. The second kappa shape index (κ2) is 2.97. The van der Waals surface area contributed by atoms with E-state index in [0.717, 1.165) is 12.1 Å². The number of nitrogens with one attached hydrogen (secondary N) is 1. The van der Waals surface area contributed by atoms with Crippen molar-refractivity contribution < 1.29 is 8.78 Å². The topological polar surface area (TPSA) is 28.7 Å². The van der Waals surface area contributed by atoms with Crippen molar-refractivity contribution in [2.45, 2.75) is 0 Å². The summed E-state index contributed by atoms with van der Waals surface area (Å²) in [5, 5.41) is 0. The maximum atomic E-state index is 12.8. The lowest BCUT2D eigenvalue weighted by Gasteiger charge is -1.97. The Hall–Kier alpha value is -1.71. The molecule has 0 saturated heterocycles. The van der Waals surface area contributed by atoms with Crippen LogP contribution in [0.3, 0.4) is 0 Å². The van der Waals surface area contributed by atoms with E-state index in [4.69, 9.17) is 0 Å². The molecule has 0 fully saturated rings. The van der Waals surface area contributed by atoms with Gasteiger partial charge in [0.1, 0.15) is 5.82 Å². The molecule has 1 heterocycles. The molecule has 1 aromatic carbocycles. The molecule has 66 valence electrons. The summed E-state index contributed by atoms with van der Waals surface area (Å²) in [4.78, 5) is 6.71. The Labute approximate surface area is 73.2 Å². The van der Waals surface area contributed by atoms with Crippen LogP contribution < -0.4 is 0 Å². The van der Waals surface area contributed by atoms with E-state index in [9.17, 15) is 8.78 Å². The molecule has 1 aromatic heterocycles. The number of benzene rings is 1. The Morgan fingerprint density at radius 2 is 2.00 bits per heavy atom. The summed E-state index contributed by atoms with van der Waals surface area (Å²) < 4.78 is 25.3. The number of H-pyrrole nitrogens is 1. The Morgan fingerprint density at radius 3 is 2.62 bits per heavy atom. The summed E-state index contributed by atoms with van der Waals surface area (Å²) in [5.74, 6) is -1.19. The van der Waals surface area contributed by atoms with Crippen molar-refractivity contribution in [3.8, 4) is 11.4 Å². The van der Waals surface area contributed by atoms with Crippen molar-refractivity contribution in [1.29, 1.82) is 0 Å². The first-order valence-electron chi connectivity index (χ1n) is 3.72. The minimum atomic E-state index is -0.867. The van der Waals surface area contributed by atoms with Crippen molar-refractivity contribution >= 4 is 0 Å². The molecule has 2 nitrogen and oxygen atoms in total. The van der Waals surface area contributed by atoms with Crippen LogP contribution in [0.15, 0.2) is 30.6 Å². The minimum absolute atomic E-state index is 0.527. The van der Waals surface area contributed by atoms with Crippen LogP contribution in [0.4, 0.5) is 8.78 Å². The third-order valence-corrected chi connectivity index (χ3v) is 1.69. The molecule has 1 N–H and O–H groups in total. The zero-order valence-electron chi connectivity index (χ0n) is 6.59. The highest BCUT2D eigenvalue weighted by atomic mass is 19.2. The normalized spacial score (nSPS) is 10.3. The maximum absolute atomic E-state index is 12.8. The molecular weight excluding hydrogens is 174 g/mol. The first kappa shape index (κ1) is 7.91. The summed E-state index contributed by atoms with van der Waals surface area (Å²) >= 11 is 0. The average Bonchev–Trinajstić information content (AvgIpc) is 2.62. The van der Waals surface area contributed by atoms with Crippen LogP contribution in [0.5, 0.6) is 0 Å². The zero-order chi connectivity index (χ0) is 9.26. The van der Waals surface area contributed by atoms with Crippen molar-refractivity contribution in [3.05, 3.63) is 42.2 Å². The molecule has 2 aromatic rings. The molecule has 0 aliphatic rings. The first-order chi connectivity index (χ1) is 6.27. The molecule has 0 saturated carbocycles. The molecule has 0 aliphatic heterocycles. The van der Waals surface area contributed by atoms with Gasteiger partial charge in [0, 0.05) is 18.0 Å². The van der Waals surface area contributed by atoms with Gasteiger partial charge >= 0.3 is 0 Å². The van der Waals surface area contributed by atoms with Gasteiger partial charge in [-0.1, -0.05) is 0 Å². The third kappa shape index (κ3) is 1.42. The largest absolute Gasteiger partial charge is 0.345 e. The van der Waals surface area contributed by atoms with E-state index in [2.05, 4.69) is 9.97 Å². The fraction of sp³-hybridized carbons (Fsp3) is 0. The zero-order valence-corrected chi connectivity index (χ0v) is 6.59. The highest BCUT2D eigenvalue weighted by Crippen LogP contribution is 2.17. The predicted molar refractivity (Wildman–Crippen MR) is 43.9 cm³/mol. The number of rotatable bonds is 1.